The first kappa shape index (κ1) is 10.3. The average Bonchev–Trinajstić information content (AvgIpc) is 2.88. The van der Waals surface area contributed by atoms with E-state index in [9.17, 15) is 9.59 Å². The van der Waals surface area contributed by atoms with Gasteiger partial charge in [0, 0.05) is 29.6 Å². The lowest BCUT2D eigenvalue weighted by molar-refractivity contribution is 0.0652. The molecular formula is C15H10N2O2. The molecule has 0 unspecified atom stereocenters. The molecule has 4 rings (SSSR count). The van der Waals surface area contributed by atoms with Crippen LogP contribution in [-0.4, -0.2) is 28.7 Å². The van der Waals surface area contributed by atoms with Gasteiger partial charge in [0.1, 0.15) is 0 Å². The average molecular weight is 250 g/mol. The summed E-state index contributed by atoms with van der Waals surface area (Å²) in [5.41, 5.74) is 1.98. The van der Waals surface area contributed by atoms with Crippen molar-refractivity contribution < 1.29 is 9.59 Å². The van der Waals surface area contributed by atoms with E-state index in [0.717, 1.165) is 21.7 Å². The molecule has 92 valence electrons. The number of carbonyl (C=O) groups excluding carboxylic acids is 2. The van der Waals surface area contributed by atoms with E-state index in [1.165, 1.54) is 11.9 Å². The number of benzene rings is 2. The Kier molecular flexibility index (Phi) is 1.75. The normalized spacial score (nSPS) is 14.7. The maximum Gasteiger partial charge on any atom is 0.263 e. The molecule has 4 heteroatoms. The van der Waals surface area contributed by atoms with Crippen LogP contribution in [0.3, 0.4) is 0 Å². The van der Waals surface area contributed by atoms with Crippen LogP contribution in [0.25, 0.3) is 21.7 Å². The molecule has 1 aliphatic rings. The summed E-state index contributed by atoms with van der Waals surface area (Å²) in [5, 5.41) is 2.66. The van der Waals surface area contributed by atoms with Gasteiger partial charge < -0.3 is 4.98 Å². The van der Waals surface area contributed by atoms with Crippen LogP contribution in [0.15, 0.2) is 36.5 Å². The fourth-order valence-corrected chi connectivity index (χ4v) is 2.81. The van der Waals surface area contributed by atoms with Gasteiger partial charge in [-0.3, -0.25) is 14.5 Å². The van der Waals surface area contributed by atoms with Gasteiger partial charge in [-0.1, -0.05) is 12.1 Å². The summed E-state index contributed by atoms with van der Waals surface area (Å²) in [6.07, 6.45) is 1.81. The Bertz CT molecular complexity index is 876. The molecular weight excluding hydrogens is 240 g/mol. The Labute approximate surface area is 108 Å². The molecule has 0 fully saturated rings. The minimum atomic E-state index is -0.248. The lowest BCUT2D eigenvalue weighted by atomic mass is 9.92. The Morgan fingerprint density at radius 3 is 2.74 bits per heavy atom. The minimum absolute atomic E-state index is 0.242. The van der Waals surface area contributed by atoms with Crippen molar-refractivity contribution >= 4 is 33.5 Å². The Balaban J connectivity index is 2.34. The van der Waals surface area contributed by atoms with Gasteiger partial charge in [0.2, 0.25) is 0 Å². The van der Waals surface area contributed by atoms with E-state index in [2.05, 4.69) is 4.98 Å². The number of hydrogen-bond acceptors (Lipinski definition) is 2. The van der Waals surface area contributed by atoms with Crippen molar-refractivity contribution in [1.82, 2.24) is 9.88 Å². The molecule has 1 aromatic heterocycles. The highest BCUT2D eigenvalue weighted by molar-refractivity contribution is 6.29. The molecule has 0 atom stereocenters. The first-order valence-electron chi connectivity index (χ1n) is 6.03. The molecule has 1 aliphatic heterocycles. The quantitative estimate of drug-likeness (QED) is 0.623. The summed E-state index contributed by atoms with van der Waals surface area (Å²) in [5.74, 6) is -0.490. The van der Waals surface area contributed by atoms with Crippen LogP contribution in [0.4, 0.5) is 0 Å². The Hall–Kier alpha value is -2.62. The van der Waals surface area contributed by atoms with E-state index >= 15 is 0 Å². The zero-order valence-corrected chi connectivity index (χ0v) is 10.2. The minimum Gasteiger partial charge on any atom is -0.361 e. The summed E-state index contributed by atoms with van der Waals surface area (Å²) in [7, 11) is 1.52. The third-order valence-corrected chi connectivity index (χ3v) is 3.74. The summed E-state index contributed by atoms with van der Waals surface area (Å²) in [6.45, 7) is 0. The van der Waals surface area contributed by atoms with Crippen molar-refractivity contribution in [1.29, 1.82) is 0 Å². The molecule has 19 heavy (non-hydrogen) atoms. The number of fused-ring (bicyclic) bond motifs is 2. The predicted molar refractivity (Wildman–Crippen MR) is 72.2 cm³/mol. The molecule has 0 saturated carbocycles. The monoisotopic (exact) mass is 250 g/mol. The molecule has 4 nitrogen and oxygen atoms in total. The van der Waals surface area contributed by atoms with Crippen LogP contribution in [0, 0.1) is 0 Å². The SMILES string of the molecule is CN1C(=O)c2cccc3cc4cc[nH]c4c(c23)C1=O. The van der Waals surface area contributed by atoms with Crippen LogP contribution in [-0.2, 0) is 0 Å². The molecule has 2 aromatic carbocycles. The molecule has 0 aliphatic carbocycles. The van der Waals surface area contributed by atoms with Gasteiger partial charge in [0.25, 0.3) is 11.8 Å². The van der Waals surface area contributed by atoms with E-state index in [1.807, 2.05) is 30.5 Å². The Morgan fingerprint density at radius 1 is 1.05 bits per heavy atom. The summed E-state index contributed by atoms with van der Waals surface area (Å²) in [6, 6.07) is 9.48. The predicted octanol–water partition coefficient (Wildman–Crippen LogP) is 2.55. The number of aromatic nitrogens is 1. The maximum atomic E-state index is 12.4. The second kappa shape index (κ2) is 3.23. The van der Waals surface area contributed by atoms with E-state index in [1.54, 1.807) is 6.07 Å². The number of carbonyl (C=O) groups is 2. The highest BCUT2D eigenvalue weighted by atomic mass is 16.2. The largest absolute Gasteiger partial charge is 0.361 e. The number of aromatic amines is 1. The zero-order chi connectivity index (χ0) is 13.1. The molecule has 1 N–H and O–H groups in total. The number of H-pyrrole nitrogens is 1. The molecule has 0 radical (unpaired) electrons. The third-order valence-electron chi connectivity index (χ3n) is 3.74. The van der Waals surface area contributed by atoms with E-state index < -0.39 is 0 Å². The third kappa shape index (κ3) is 1.13. The van der Waals surface area contributed by atoms with Crippen molar-refractivity contribution in [2.45, 2.75) is 0 Å². The molecule has 3 aromatic rings. The number of nitrogens with zero attached hydrogens (tertiary/aromatic N) is 1. The highest BCUT2D eigenvalue weighted by Gasteiger charge is 2.31. The molecule has 2 heterocycles. The van der Waals surface area contributed by atoms with Crippen molar-refractivity contribution in [2.75, 3.05) is 7.05 Å². The van der Waals surface area contributed by atoms with Crippen molar-refractivity contribution in [3.63, 3.8) is 0 Å². The second-order valence-electron chi connectivity index (χ2n) is 4.77. The molecule has 2 amide bonds. The summed E-state index contributed by atoms with van der Waals surface area (Å²) in [4.78, 5) is 28.9. The Morgan fingerprint density at radius 2 is 1.89 bits per heavy atom. The molecule has 0 spiro atoms. The number of hydrogen-bond donors (Lipinski definition) is 1. The van der Waals surface area contributed by atoms with Gasteiger partial charge in [-0.15, -0.1) is 0 Å². The fourth-order valence-electron chi connectivity index (χ4n) is 2.81. The number of nitrogens with one attached hydrogen (secondary N) is 1. The molecule has 0 saturated heterocycles. The fraction of sp³-hybridized carbons (Fsp3) is 0.0667. The lowest BCUT2D eigenvalue weighted by Gasteiger charge is -2.24. The van der Waals surface area contributed by atoms with E-state index in [4.69, 9.17) is 0 Å². The summed E-state index contributed by atoms with van der Waals surface area (Å²) < 4.78 is 0. The van der Waals surface area contributed by atoms with Crippen LogP contribution < -0.4 is 0 Å². The van der Waals surface area contributed by atoms with Gasteiger partial charge in [0.15, 0.2) is 0 Å². The van der Waals surface area contributed by atoms with Gasteiger partial charge >= 0.3 is 0 Å². The number of amides is 2. The first-order valence-corrected chi connectivity index (χ1v) is 6.03. The number of rotatable bonds is 0. The molecule has 0 bridgehead atoms. The topological polar surface area (TPSA) is 53.2 Å². The number of imide groups is 1. The second-order valence-corrected chi connectivity index (χ2v) is 4.77. The highest BCUT2D eigenvalue weighted by Crippen LogP contribution is 2.34. The van der Waals surface area contributed by atoms with Crippen LogP contribution >= 0.6 is 0 Å². The van der Waals surface area contributed by atoms with E-state index in [0.29, 0.717) is 11.1 Å². The maximum absolute atomic E-state index is 12.4. The zero-order valence-electron chi connectivity index (χ0n) is 10.2. The van der Waals surface area contributed by atoms with Crippen LogP contribution in [0.5, 0.6) is 0 Å². The summed E-state index contributed by atoms with van der Waals surface area (Å²) >= 11 is 0. The van der Waals surface area contributed by atoms with Crippen molar-refractivity contribution in [2.24, 2.45) is 0 Å². The van der Waals surface area contributed by atoms with E-state index in [-0.39, 0.29) is 11.8 Å². The van der Waals surface area contributed by atoms with Crippen LogP contribution in [0.2, 0.25) is 0 Å². The van der Waals surface area contributed by atoms with Gasteiger partial charge in [-0.05, 0) is 23.6 Å². The standard InChI is InChI=1S/C15H10N2O2/c1-17-14(18)10-4-2-3-8-7-9-5-6-16-13(9)12(11(8)10)15(17)19/h2-7,16H,1H3. The van der Waals surface area contributed by atoms with Gasteiger partial charge in [-0.2, -0.15) is 0 Å². The first-order chi connectivity index (χ1) is 9.18. The smallest absolute Gasteiger partial charge is 0.263 e. The van der Waals surface area contributed by atoms with Crippen molar-refractivity contribution in [3.8, 4) is 0 Å². The van der Waals surface area contributed by atoms with Gasteiger partial charge in [-0.25, -0.2) is 0 Å². The lowest BCUT2D eigenvalue weighted by Crippen LogP contribution is -2.37. The van der Waals surface area contributed by atoms with Crippen LogP contribution in [0.1, 0.15) is 20.7 Å². The van der Waals surface area contributed by atoms with Crippen molar-refractivity contribution in [3.05, 3.63) is 47.7 Å². The van der Waals surface area contributed by atoms with Gasteiger partial charge in [0.05, 0.1) is 11.1 Å².